The predicted octanol–water partition coefficient (Wildman–Crippen LogP) is -1.58. The van der Waals surface area contributed by atoms with Crippen molar-refractivity contribution < 1.29 is 23.9 Å². The zero-order valence-corrected chi connectivity index (χ0v) is 8.98. The molecule has 1 fully saturated rings. The monoisotopic (exact) mass is 228 g/mol. The first-order valence-corrected chi connectivity index (χ1v) is 4.66. The largest absolute Gasteiger partial charge is 0.462 e. The van der Waals surface area contributed by atoms with Crippen LogP contribution in [0.3, 0.4) is 0 Å². The minimum absolute atomic E-state index is 0.161. The number of nitrogens with zero attached hydrogens (tertiary/aromatic N) is 1. The van der Waals surface area contributed by atoms with Gasteiger partial charge in [-0.05, 0) is 6.42 Å². The summed E-state index contributed by atoms with van der Waals surface area (Å²) in [5, 5.41) is 2.21. The molecular formula is C9H12N2O5. The van der Waals surface area contributed by atoms with Crippen molar-refractivity contribution in [2.75, 3.05) is 14.2 Å². The molecule has 1 aliphatic heterocycles. The topological polar surface area (TPSA) is 92.8 Å². The maximum absolute atomic E-state index is 11.5. The number of methoxy groups -OCH3 is 1. The number of amides is 3. The second-order valence-corrected chi connectivity index (χ2v) is 3.35. The summed E-state index contributed by atoms with van der Waals surface area (Å²) >= 11 is 0. The molecule has 1 aliphatic rings. The van der Waals surface area contributed by atoms with E-state index in [9.17, 15) is 19.2 Å². The molecule has 3 amide bonds. The van der Waals surface area contributed by atoms with Gasteiger partial charge in [0.1, 0.15) is 6.04 Å². The molecule has 0 saturated carbocycles. The highest BCUT2D eigenvalue weighted by atomic mass is 16.5. The SMILES string of the molecule is COC(=O)C(=O)NC1CCC(=O)N(C)C1=O. The molecule has 0 aliphatic carbocycles. The Morgan fingerprint density at radius 2 is 2.06 bits per heavy atom. The zero-order chi connectivity index (χ0) is 12.3. The van der Waals surface area contributed by atoms with Gasteiger partial charge in [-0.2, -0.15) is 0 Å². The second kappa shape index (κ2) is 4.73. The Morgan fingerprint density at radius 3 is 2.62 bits per heavy atom. The van der Waals surface area contributed by atoms with E-state index in [-0.39, 0.29) is 18.7 Å². The number of ether oxygens (including phenoxy) is 1. The molecule has 0 aromatic rings. The highest BCUT2D eigenvalue weighted by molar-refractivity contribution is 6.33. The van der Waals surface area contributed by atoms with Crippen LogP contribution in [0.5, 0.6) is 0 Å². The molecule has 1 heterocycles. The third-order valence-electron chi connectivity index (χ3n) is 2.33. The van der Waals surface area contributed by atoms with Crippen molar-refractivity contribution in [1.29, 1.82) is 0 Å². The van der Waals surface area contributed by atoms with E-state index in [1.165, 1.54) is 7.05 Å². The van der Waals surface area contributed by atoms with Crippen molar-refractivity contribution >= 4 is 23.7 Å². The lowest BCUT2D eigenvalue weighted by Gasteiger charge is -2.27. The molecule has 1 saturated heterocycles. The van der Waals surface area contributed by atoms with Gasteiger partial charge in [-0.1, -0.05) is 0 Å². The Hall–Kier alpha value is -1.92. The Kier molecular flexibility index (Phi) is 3.60. The summed E-state index contributed by atoms with van der Waals surface area (Å²) in [5.41, 5.74) is 0. The number of imide groups is 1. The van der Waals surface area contributed by atoms with E-state index in [2.05, 4.69) is 10.1 Å². The van der Waals surface area contributed by atoms with E-state index < -0.39 is 23.8 Å². The van der Waals surface area contributed by atoms with Gasteiger partial charge in [0.25, 0.3) is 5.91 Å². The minimum atomic E-state index is -1.06. The molecule has 1 N–H and O–H groups in total. The van der Waals surface area contributed by atoms with Gasteiger partial charge in [-0.15, -0.1) is 0 Å². The van der Waals surface area contributed by atoms with Crippen molar-refractivity contribution in [3.8, 4) is 0 Å². The van der Waals surface area contributed by atoms with Crippen LogP contribution in [-0.2, 0) is 23.9 Å². The number of carbonyl (C=O) groups excluding carboxylic acids is 4. The summed E-state index contributed by atoms with van der Waals surface area (Å²) in [5.74, 6) is -2.86. The maximum atomic E-state index is 11.5. The van der Waals surface area contributed by atoms with Crippen LogP contribution in [0.25, 0.3) is 0 Å². The summed E-state index contributed by atoms with van der Waals surface area (Å²) in [4.78, 5) is 45.5. The summed E-state index contributed by atoms with van der Waals surface area (Å²) in [6.45, 7) is 0. The third-order valence-corrected chi connectivity index (χ3v) is 2.33. The summed E-state index contributed by atoms with van der Waals surface area (Å²) in [6, 6.07) is -0.839. The fourth-order valence-electron chi connectivity index (χ4n) is 1.36. The fraction of sp³-hybridized carbons (Fsp3) is 0.556. The molecule has 1 atom stereocenters. The minimum Gasteiger partial charge on any atom is -0.462 e. The van der Waals surface area contributed by atoms with Crippen LogP contribution in [-0.4, -0.2) is 48.8 Å². The number of nitrogens with one attached hydrogen (secondary N) is 1. The number of carbonyl (C=O) groups is 4. The third kappa shape index (κ3) is 2.36. The Labute approximate surface area is 91.7 Å². The smallest absolute Gasteiger partial charge is 0.396 e. The first-order chi connectivity index (χ1) is 7.47. The van der Waals surface area contributed by atoms with E-state index in [0.29, 0.717) is 0 Å². The number of rotatable bonds is 1. The predicted molar refractivity (Wildman–Crippen MR) is 51.0 cm³/mol. The van der Waals surface area contributed by atoms with Gasteiger partial charge >= 0.3 is 11.9 Å². The fourth-order valence-corrected chi connectivity index (χ4v) is 1.36. The number of likely N-dealkylation sites (tertiary alicyclic amines) is 1. The van der Waals surface area contributed by atoms with E-state index >= 15 is 0 Å². The van der Waals surface area contributed by atoms with Crippen LogP contribution in [0.1, 0.15) is 12.8 Å². The van der Waals surface area contributed by atoms with Gasteiger partial charge in [-0.25, -0.2) is 4.79 Å². The van der Waals surface area contributed by atoms with Gasteiger partial charge in [0.15, 0.2) is 0 Å². The van der Waals surface area contributed by atoms with Crippen LogP contribution in [0.15, 0.2) is 0 Å². The zero-order valence-electron chi connectivity index (χ0n) is 8.98. The van der Waals surface area contributed by atoms with E-state index in [0.717, 1.165) is 12.0 Å². The standard InChI is InChI=1S/C9H12N2O5/c1-11-6(12)4-3-5(8(11)14)10-7(13)9(15)16-2/h5H,3-4H2,1-2H3,(H,10,13). The average Bonchev–Trinajstić information content (AvgIpc) is 2.28. The lowest BCUT2D eigenvalue weighted by atomic mass is 10.0. The van der Waals surface area contributed by atoms with Crippen LogP contribution in [0.2, 0.25) is 0 Å². The molecule has 1 rings (SSSR count). The van der Waals surface area contributed by atoms with E-state index in [1.807, 2.05) is 0 Å². The van der Waals surface area contributed by atoms with Crippen molar-refractivity contribution in [3.63, 3.8) is 0 Å². The van der Waals surface area contributed by atoms with Crippen molar-refractivity contribution in [1.82, 2.24) is 10.2 Å². The van der Waals surface area contributed by atoms with E-state index in [1.54, 1.807) is 0 Å². The quantitative estimate of drug-likeness (QED) is 0.332. The Bertz CT molecular complexity index is 352. The van der Waals surface area contributed by atoms with Crippen molar-refractivity contribution in [2.24, 2.45) is 0 Å². The summed E-state index contributed by atoms with van der Waals surface area (Å²) < 4.78 is 4.19. The summed E-state index contributed by atoms with van der Waals surface area (Å²) in [7, 11) is 2.40. The second-order valence-electron chi connectivity index (χ2n) is 3.35. The van der Waals surface area contributed by atoms with Gasteiger partial charge in [0.05, 0.1) is 7.11 Å². The maximum Gasteiger partial charge on any atom is 0.396 e. The molecule has 16 heavy (non-hydrogen) atoms. The number of hydrogen-bond donors (Lipinski definition) is 1. The highest BCUT2D eigenvalue weighted by Gasteiger charge is 2.33. The number of hydrogen-bond acceptors (Lipinski definition) is 5. The Balaban J connectivity index is 2.62. The molecule has 1 unspecified atom stereocenters. The average molecular weight is 228 g/mol. The molecular weight excluding hydrogens is 216 g/mol. The first-order valence-electron chi connectivity index (χ1n) is 4.66. The molecule has 0 bridgehead atoms. The normalized spacial score (nSPS) is 20.6. The van der Waals surface area contributed by atoms with E-state index in [4.69, 9.17) is 0 Å². The van der Waals surface area contributed by atoms with Crippen LogP contribution >= 0.6 is 0 Å². The Morgan fingerprint density at radius 1 is 1.44 bits per heavy atom. The molecule has 7 heteroatoms. The van der Waals surface area contributed by atoms with Crippen molar-refractivity contribution in [3.05, 3.63) is 0 Å². The van der Waals surface area contributed by atoms with Crippen LogP contribution in [0.4, 0.5) is 0 Å². The van der Waals surface area contributed by atoms with Gasteiger partial charge in [0, 0.05) is 13.5 Å². The first kappa shape index (κ1) is 12.2. The van der Waals surface area contributed by atoms with Gasteiger partial charge in [-0.3, -0.25) is 19.3 Å². The number of likely N-dealkylation sites (N-methyl/N-ethyl adjacent to an activating group) is 1. The lowest BCUT2D eigenvalue weighted by Crippen LogP contribution is -2.54. The van der Waals surface area contributed by atoms with Gasteiger partial charge < -0.3 is 10.1 Å². The molecule has 7 nitrogen and oxygen atoms in total. The molecule has 0 spiro atoms. The van der Waals surface area contributed by atoms with Crippen LogP contribution in [0, 0.1) is 0 Å². The number of esters is 1. The molecule has 0 radical (unpaired) electrons. The number of piperidine rings is 1. The van der Waals surface area contributed by atoms with Gasteiger partial charge in [0.2, 0.25) is 5.91 Å². The highest BCUT2D eigenvalue weighted by Crippen LogP contribution is 2.11. The lowest BCUT2D eigenvalue weighted by molar-refractivity contribution is -0.155. The summed E-state index contributed by atoms with van der Waals surface area (Å²) in [6.07, 6.45) is 0.360. The molecule has 0 aromatic heterocycles. The molecule has 88 valence electrons. The van der Waals surface area contributed by atoms with Crippen LogP contribution < -0.4 is 5.32 Å². The van der Waals surface area contributed by atoms with Crippen molar-refractivity contribution in [2.45, 2.75) is 18.9 Å². The molecule has 0 aromatic carbocycles.